The first kappa shape index (κ1) is 21.9. The van der Waals surface area contributed by atoms with Gasteiger partial charge in [-0.3, -0.25) is 9.59 Å². The summed E-state index contributed by atoms with van der Waals surface area (Å²) in [6, 6.07) is 11.6. The Kier molecular flexibility index (Phi) is 6.49. The molecule has 2 aliphatic rings. The second-order valence-corrected chi connectivity index (χ2v) is 8.38. The SMILES string of the molecule is CCOc1cc2c(cc1/C=C/C(=O)N1CCN(C(=O)c3ccc(C)cc3)CC1)OC(C)C2. The summed E-state index contributed by atoms with van der Waals surface area (Å²) in [7, 11) is 0. The van der Waals surface area contributed by atoms with Crippen LogP contribution in [0.25, 0.3) is 6.08 Å². The Labute approximate surface area is 189 Å². The average molecular weight is 435 g/mol. The van der Waals surface area contributed by atoms with Gasteiger partial charge in [-0.2, -0.15) is 0 Å². The normalized spacial score (nSPS) is 17.9. The molecule has 6 heteroatoms. The number of hydrogen-bond acceptors (Lipinski definition) is 4. The van der Waals surface area contributed by atoms with Crippen molar-refractivity contribution in [1.29, 1.82) is 0 Å². The molecule has 1 fully saturated rings. The number of carbonyl (C=O) groups is 2. The first-order valence-corrected chi connectivity index (χ1v) is 11.2. The predicted octanol–water partition coefficient (Wildman–Crippen LogP) is 3.71. The third-order valence-corrected chi connectivity index (χ3v) is 5.91. The van der Waals surface area contributed by atoms with Gasteiger partial charge in [0.1, 0.15) is 17.6 Å². The highest BCUT2D eigenvalue weighted by Gasteiger charge is 2.24. The number of piperazine rings is 1. The number of rotatable bonds is 5. The van der Waals surface area contributed by atoms with Gasteiger partial charge in [-0.15, -0.1) is 0 Å². The van der Waals surface area contributed by atoms with Crippen LogP contribution in [0.4, 0.5) is 0 Å². The average Bonchev–Trinajstić information content (AvgIpc) is 3.16. The molecule has 2 aromatic carbocycles. The second-order valence-electron chi connectivity index (χ2n) is 8.38. The van der Waals surface area contributed by atoms with Gasteiger partial charge in [0.15, 0.2) is 0 Å². The molecule has 0 aliphatic carbocycles. The molecule has 0 aromatic heterocycles. The highest BCUT2D eigenvalue weighted by molar-refractivity contribution is 5.95. The molecule has 0 radical (unpaired) electrons. The Bertz CT molecular complexity index is 1020. The standard InChI is InChI=1S/C26H30N2O4/c1-4-31-23-17-22-15-19(3)32-24(22)16-21(23)9-10-25(29)27-11-13-28(14-12-27)26(30)20-7-5-18(2)6-8-20/h5-10,16-17,19H,4,11-15H2,1-3H3/b10-9+. The number of fused-ring (bicyclic) bond motifs is 1. The minimum Gasteiger partial charge on any atom is -0.493 e. The van der Waals surface area contributed by atoms with Crippen molar-refractivity contribution < 1.29 is 19.1 Å². The Morgan fingerprint density at radius 2 is 1.78 bits per heavy atom. The lowest BCUT2D eigenvalue weighted by Crippen LogP contribution is -2.50. The van der Waals surface area contributed by atoms with Crippen LogP contribution in [0.1, 0.15) is 40.9 Å². The summed E-state index contributed by atoms with van der Waals surface area (Å²) >= 11 is 0. The fraction of sp³-hybridized carbons (Fsp3) is 0.385. The van der Waals surface area contributed by atoms with Crippen molar-refractivity contribution in [3.05, 3.63) is 64.7 Å². The fourth-order valence-corrected chi connectivity index (χ4v) is 4.14. The number of nitrogens with zero attached hydrogens (tertiary/aromatic N) is 2. The van der Waals surface area contributed by atoms with Crippen molar-refractivity contribution in [2.75, 3.05) is 32.8 Å². The number of benzene rings is 2. The Hall–Kier alpha value is -3.28. The zero-order chi connectivity index (χ0) is 22.7. The van der Waals surface area contributed by atoms with Gasteiger partial charge in [-0.1, -0.05) is 17.7 Å². The summed E-state index contributed by atoms with van der Waals surface area (Å²) in [5, 5.41) is 0. The van der Waals surface area contributed by atoms with Crippen LogP contribution in [0.2, 0.25) is 0 Å². The van der Waals surface area contributed by atoms with Gasteiger partial charge in [-0.05, 0) is 51.1 Å². The van der Waals surface area contributed by atoms with E-state index in [0.29, 0.717) is 38.3 Å². The maximum Gasteiger partial charge on any atom is 0.253 e. The lowest BCUT2D eigenvalue weighted by molar-refractivity contribution is -0.127. The lowest BCUT2D eigenvalue weighted by atomic mass is 10.1. The number of ether oxygens (including phenoxy) is 2. The molecule has 2 aliphatic heterocycles. The summed E-state index contributed by atoms with van der Waals surface area (Å²) in [6.07, 6.45) is 4.40. The van der Waals surface area contributed by atoms with Gasteiger partial charge in [-0.25, -0.2) is 0 Å². The minimum atomic E-state index is -0.0651. The molecule has 2 amide bonds. The van der Waals surface area contributed by atoms with E-state index in [1.807, 2.05) is 62.1 Å². The van der Waals surface area contributed by atoms with Gasteiger partial charge < -0.3 is 19.3 Å². The highest BCUT2D eigenvalue weighted by Crippen LogP contribution is 2.35. The van der Waals surface area contributed by atoms with Gasteiger partial charge in [0.2, 0.25) is 5.91 Å². The van der Waals surface area contributed by atoms with Crippen LogP contribution in [-0.2, 0) is 11.2 Å². The monoisotopic (exact) mass is 434 g/mol. The van der Waals surface area contributed by atoms with E-state index in [0.717, 1.165) is 34.6 Å². The molecular weight excluding hydrogens is 404 g/mol. The van der Waals surface area contributed by atoms with Crippen molar-refractivity contribution in [2.24, 2.45) is 0 Å². The second kappa shape index (κ2) is 9.47. The number of hydrogen-bond donors (Lipinski definition) is 0. The fourth-order valence-electron chi connectivity index (χ4n) is 4.14. The Morgan fingerprint density at radius 1 is 1.09 bits per heavy atom. The van der Waals surface area contributed by atoms with E-state index in [1.165, 1.54) is 0 Å². The van der Waals surface area contributed by atoms with Crippen molar-refractivity contribution >= 4 is 17.9 Å². The van der Waals surface area contributed by atoms with Crippen LogP contribution in [0.3, 0.4) is 0 Å². The molecule has 0 N–H and O–H groups in total. The van der Waals surface area contributed by atoms with Gasteiger partial charge in [0, 0.05) is 55.4 Å². The Balaban J connectivity index is 1.38. The number of carbonyl (C=O) groups excluding carboxylic acids is 2. The van der Waals surface area contributed by atoms with E-state index in [-0.39, 0.29) is 17.9 Å². The summed E-state index contributed by atoms with van der Waals surface area (Å²) in [5.74, 6) is 1.57. The number of aryl methyl sites for hydroxylation is 1. The molecule has 1 saturated heterocycles. The summed E-state index contributed by atoms with van der Waals surface area (Å²) in [4.78, 5) is 29.1. The molecule has 4 rings (SSSR count). The van der Waals surface area contributed by atoms with Crippen molar-refractivity contribution in [3.8, 4) is 11.5 Å². The molecule has 6 nitrogen and oxygen atoms in total. The first-order chi connectivity index (χ1) is 15.4. The van der Waals surface area contributed by atoms with Crippen LogP contribution >= 0.6 is 0 Å². The predicted molar refractivity (Wildman–Crippen MR) is 124 cm³/mol. The van der Waals surface area contributed by atoms with Crippen LogP contribution in [0, 0.1) is 6.92 Å². The quantitative estimate of drug-likeness (QED) is 0.673. The summed E-state index contributed by atoms with van der Waals surface area (Å²) < 4.78 is 11.6. The van der Waals surface area contributed by atoms with Crippen LogP contribution in [0.15, 0.2) is 42.5 Å². The molecule has 32 heavy (non-hydrogen) atoms. The zero-order valence-corrected chi connectivity index (χ0v) is 19.0. The first-order valence-electron chi connectivity index (χ1n) is 11.2. The van der Waals surface area contributed by atoms with Crippen molar-refractivity contribution in [3.63, 3.8) is 0 Å². The zero-order valence-electron chi connectivity index (χ0n) is 19.0. The van der Waals surface area contributed by atoms with E-state index >= 15 is 0 Å². The maximum absolute atomic E-state index is 12.8. The molecule has 168 valence electrons. The maximum atomic E-state index is 12.8. The summed E-state index contributed by atoms with van der Waals surface area (Å²) in [5.41, 5.74) is 3.78. The van der Waals surface area contributed by atoms with E-state index < -0.39 is 0 Å². The van der Waals surface area contributed by atoms with Crippen LogP contribution < -0.4 is 9.47 Å². The van der Waals surface area contributed by atoms with E-state index in [2.05, 4.69) is 0 Å². The van der Waals surface area contributed by atoms with Crippen molar-refractivity contribution in [1.82, 2.24) is 9.80 Å². The van der Waals surface area contributed by atoms with Gasteiger partial charge in [0.25, 0.3) is 5.91 Å². The molecular formula is C26H30N2O4. The third kappa shape index (κ3) is 4.79. The molecule has 2 heterocycles. The van der Waals surface area contributed by atoms with Crippen molar-refractivity contribution in [2.45, 2.75) is 33.3 Å². The topological polar surface area (TPSA) is 59.1 Å². The molecule has 2 aromatic rings. The van der Waals surface area contributed by atoms with Gasteiger partial charge >= 0.3 is 0 Å². The molecule has 0 bridgehead atoms. The van der Waals surface area contributed by atoms with Crippen LogP contribution in [0.5, 0.6) is 11.5 Å². The van der Waals surface area contributed by atoms with Crippen LogP contribution in [-0.4, -0.2) is 60.5 Å². The molecule has 0 spiro atoms. The molecule has 0 saturated carbocycles. The molecule has 1 atom stereocenters. The highest BCUT2D eigenvalue weighted by atomic mass is 16.5. The van der Waals surface area contributed by atoms with E-state index in [4.69, 9.17) is 9.47 Å². The number of amides is 2. The van der Waals surface area contributed by atoms with E-state index in [1.54, 1.807) is 17.1 Å². The summed E-state index contributed by atoms with van der Waals surface area (Å²) in [6.45, 7) is 8.64. The Morgan fingerprint density at radius 3 is 2.47 bits per heavy atom. The third-order valence-electron chi connectivity index (χ3n) is 5.91. The van der Waals surface area contributed by atoms with E-state index in [9.17, 15) is 9.59 Å². The molecule has 1 unspecified atom stereocenters. The largest absolute Gasteiger partial charge is 0.493 e. The lowest BCUT2D eigenvalue weighted by Gasteiger charge is -2.34. The minimum absolute atomic E-state index is 0.0152. The van der Waals surface area contributed by atoms with Gasteiger partial charge in [0.05, 0.1) is 6.61 Å². The smallest absolute Gasteiger partial charge is 0.253 e.